The third kappa shape index (κ3) is 2.66. The molecule has 0 bridgehead atoms. The van der Waals surface area contributed by atoms with Gasteiger partial charge < -0.3 is 5.32 Å². The fourth-order valence-electron chi connectivity index (χ4n) is 1.80. The minimum Gasteiger partial charge on any atom is -0.354 e. The van der Waals surface area contributed by atoms with Crippen LogP contribution in [0.15, 0.2) is 0 Å². The number of carbonyl (C=O) groups is 1. The van der Waals surface area contributed by atoms with E-state index in [-0.39, 0.29) is 11.6 Å². The van der Waals surface area contributed by atoms with Crippen LogP contribution in [0.1, 0.15) is 37.7 Å². The summed E-state index contributed by atoms with van der Waals surface area (Å²) < 4.78 is 1.40. The van der Waals surface area contributed by atoms with E-state index >= 15 is 0 Å². The Morgan fingerprint density at radius 3 is 2.61 bits per heavy atom. The molecule has 0 saturated carbocycles. The lowest BCUT2D eigenvalue weighted by molar-refractivity contribution is -0.386. The van der Waals surface area contributed by atoms with Crippen molar-refractivity contribution in [3.63, 3.8) is 0 Å². The van der Waals surface area contributed by atoms with Gasteiger partial charge in [0, 0.05) is 6.54 Å². The molecule has 0 radical (unpaired) electrons. The molecule has 18 heavy (non-hydrogen) atoms. The van der Waals surface area contributed by atoms with Crippen LogP contribution in [-0.4, -0.2) is 27.2 Å². The number of nitrogens with one attached hydrogen (secondary N) is 1. The second kappa shape index (κ2) is 5.61. The maximum Gasteiger partial charge on any atom is 0.312 e. The number of nitro groups is 1. The van der Waals surface area contributed by atoms with Crippen molar-refractivity contribution in [3.05, 3.63) is 21.5 Å². The van der Waals surface area contributed by atoms with E-state index in [1.165, 1.54) is 4.68 Å². The Bertz CT molecular complexity index is 467. The molecule has 1 unspecified atom stereocenters. The van der Waals surface area contributed by atoms with E-state index < -0.39 is 11.0 Å². The highest BCUT2D eigenvalue weighted by Crippen LogP contribution is 2.24. The third-order valence-corrected chi connectivity index (χ3v) is 2.76. The number of aryl methyl sites for hydroxylation is 1. The van der Waals surface area contributed by atoms with E-state index in [1.54, 1.807) is 20.8 Å². The first kappa shape index (κ1) is 14.1. The Morgan fingerprint density at radius 2 is 2.17 bits per heavy atom. The fourth-order valence-corrected chi connectivity index (χ4v) is 1.80. The second-order valence-electron chi connectivity index (χ2n) is 4.19. The van der Waals surface area contributed by atoms with E-state index in [1.807, 2.05) is 6.92 Å². The first-order chi connectivity index (χ1) is 8.40. The molecule has 1 aromatic heterocycles. The second-order valence-corrected chi connectivity index (χ2v) is 4.19. The van der Waals surface area contributed by atoms with Crippen LogP contribution in [0, 0.1) is 24.0 Å². The van der Waals surface area contributed by atoms with Gasteiger partial charge in [0.25, 0.3) is 0 Å². The van der Waals surface area contributed by atoms with Gasteiger partial charge in [0.05, 0.1) is 4.92 Å². The van der Waals surface area contributed by atoms with Crippen LogP contribution in [0.2, 0.25) is 0 Å². The van der Waals surface area contributed by atoms with Crippen molar-refractivity contribution < 1.29 is 9.72 Å². The lowest BCUT2D eigenvalue weighted by Gasteiger charge is -2.13. The molecule has 0 spiro atoms. The SMILES string of the molecule is CCCNC(=O)C(C)n1nc(C)c([N+](=O)[O-])c1C. The molecular weight excluding hydrogens is 236 g/mol. The van der Waals surface area contributed by atoms with Crippen LogP contribution >= 0.6 is 0 Å². The molecular formula is C11H18N4O3. The van der Waals surface area contributed by atoms with Gasteiger partial charge in [0.1, 0.15) is 17.4 Å². The summed E-state index contributed by atoms with van der Waals surface area (Å²) in [7, 11) is 0. The smallest absolute Gasteiger partial charge is 0.312 e. The Balaban J connectivity index is 3.00. The minimum atomic E-state index is -0.552. The summed E-state index contributed by atoms with van der Waals surface area (Å²) in [5, 5.41) is 17.7. The molecule has 1 rings (SSSR count). The average Bonchev–Trinajstić information content (AvgIpc) is 2.60. The number of carbonyl (C=O) groups excluding carboxylic acids is 1. The molecule has 100 valence electrons. The molecule has 7 nitrogen and oxygen atoms in total. The van der Waals surface area contributed by atoms with Gasteiger partial charge in [-0.25, -0.2) is 0 Å². The molecule has 1 amide bonds. The van der Waals surface area contributed by atoms with Gasteiger partial charge in [0.2, 0.25) is 5.91 Å². The van der Waals surface area contributed by atoms with E-state index in [9.17, 15) is 14.9 Å². The molecule has 0 aliphatic carbocycles. The molecule has 0 fully saturated rings. The Labute approximate surface area is 105 Å². The largest absolute Gasteiger partial charge is 0.354 e. The predicted octanol–water partition coefficient (Wildman–Crippen LogP) is 1.50. The van der Waals surface area contributed by atoms with Crippen LogP contribution in [0.5, 0.6) is 0 Å². The first-order valence-electron chi connectivity index (χ1n) is 5.87. The maximum absolute atomic E-state index is 11.8. The zero-order valence-electron chi connectivity index (χ0n) is 11.1. The van der Waals surface area contributed by atoms with Crippen molar-refractivity contribution in [1.29, 1.82) is 0 Å². The van der Waals surface area contributed by atoms with E-state index in [4.69, 9.17) is 0 Å². The van der Waals surface area contributed by atoms with Gasteiger partial charge in [-0.15, -0.1) is 0 Å². The summed E-state index contributed by atoms with van der Waals surface area (Å²) in [4.78, 5) is 22.2. The summed E-state index contributed by atoms with van der Waals surface area (Å²) in [5.74, 6) is -0.183. The van der Waals surface area contributed by atoms with E-state index in [0.717, 1.165) is 6.42 Å². The molecule has 1 heterocycles. The summed E-state index contributed by atoms with van der Waals surface area (Å²) in [6.07, 6.45) is 0.843. The van der Waals surface area contributed by atoms with Gasteiger partial charge in [-0.1, -0.05) is 6.92 Å². The maximum atomic E-state index is 11.8. The number of hydrogen-bond acceptors (Lipinski definition) is 4. The molecule has 7 heteroatoms. The molecule has 0 aliphatic rings. The van der Waals surface area contributed by atoms with Gasteiger partial charge in [-0.3, -0.25) is 19.6 Å². The number of amides is 1. The average molecular weight is 254 g/mol. The summed E-state index contributed by atoms with van der Waals surface area (Å²) in [5.41, 5.74) is 0.703. The topological polar surface area (TPSA) is 90.1 Å². The molecule has 1 N–H and O–H groups in total. The number of nitrogens with zero attached hydrogens (tertiary/aromatic N) is 3. The van der Waals surface area contributed by atoms with Gasteiger partial charge in [0.15, 0.2) is 0 Å². The van der Waals surface area contributed by atoms with Crippen LogP contribution in [0.3, 0.4) is 0 Å². The third-order valence-electron chi connectivity index (χ3n) is 2.76. The number of hydrogen-bond donors (Lipinski definition) is 1. The highest BCUT2D eigenvalue weighted by Gasteiger charge is 2.26. The van der Waals surface area contributed by atoms with Crippen molar-refractivity contribution in [2.24, 2.45) is 0 Å². The standard InChI is InChI=1S/C11H18N4O3/c1-5-6-12-11(16)9(4)14-8(3)10(15(17)18)7(2)13-14/h9H,5-6H2,1-4H3,(H,12,16). The van der Waals surface area contributed by atoms with Gasteiger partial charge >= 0.3 is 5.69 Å². The summed E-state index contributed by atoms with van der Waals surface area (Å²) in [6.45, 7) is 7.39. The van der Waals surface area contributed by atoms with Crippen LogP contribution in [0.4, 0.5) is 5.69 Å². The van der Waals surface area contributed by atoms with Crippen molar-refractivity contribution in [2.45, 2.75) is 40.2 Å². The quantitative estimate of drug-likeness (QED) is 0.636. The van der Waals surface area contributed by atoms with Gasteiger partial charge in [-0.05, 0) is 27.2 Å². The highest BCUT2D eigenvalue weighted by atomic mass is 16.6. The monoisotopic (exact) mass is 254 g/mol. The zero-order chi connectivity index (χ0) is 13.9. The van der Waals surface area contributed by atoms with Crippen molar-refractivity contribution in [2.75, 3.05) is 6.54 Å². The van der Waals surface area contributed by atoms with Crippen LogP contribution < -0.4 is 5.32 Å². The van der Waals surface area contributed by atoms with E-state index in [0.29, 0.717) is 17.9 Å². The van der Waals surface area contributed by atoms with Crippen molar-refractivity contribution in [1.82, 2.24) is 15.1 Å². The molecule has 0 aromatic carbocycles. The summed E-state index contributed by atoms with van der Waals surface area (Å²) >= 11 is 0. The zero-order valence-corrected chi connectivity index (χ0v) is 11.1. The fraction of sp³-hybridized carbons (Fsp3) is 0.636. The lowest BCUT2D eigenvalue weighted by Crippen LogP contribution is -2.32. The van der Waals surface area contributed by atoms with Crippen LogP contribution in [0.25, 0.3) is 0 Å². The van der Waals surface area contributed by atoms with E-state index in [2.05, 4.69) is 10.4 Å². The van der Waals surface area contributed by atoms with Gasteiger partial charge in [-0.2, -0.15) is 5.10 Å². The molecule has 1 aromatic rings. The number of rotatable bonds is 5. The number of aromatic nitrogens is 2. The Kier molecular flexibility index (Phi) is 4.41. The minimum absolute atomic E-state index is 0.0230. The molecule has 1 atom stereocenters. The first-order valence-corrected chi connectivity index (χ1v) is 5.87. The predicted molar refractivity (Wildman–Crippen MR) is 66.4 cm³/mol. The summed E-state index contributed by atoms with van der Waals surface area (Å²) in [6, 6.07) is -0.552. The highest BCUT2D eigenvalue weighted by molar-refractivity contribution is 5.80. The Morgan fingerprint density at radius 1 is 1.56 bits per heavy atom. The van der Waals surface area contributed by atoms with Crippen LogP contribution in [-0.2, 0) is 4.79 Å². The Hall–Kier alpha value is -1.92. The lowest BCUT2D eigenvalue weighted by atomic mass is 10.2. The van der Waals surface area contributed by atoms with Crippen molar-refractivity contribution >= 4 is 11.6 Å². The molecule has 0 aliphatic heterocycles. The van der Waals surface area contributed by atoms with Crippen molar-refractivity contribution in [3.8, 4) is 0 Å². The molecule has 0 saturated heterocycles. The normalized spacial score (nSPS) is 12.2.